The molecule has 96 valence electrons. The summed E-state index contributed by atoms with van der Waals surface area (Å²) in [6.45, 7) is 5.78. The van der Waals surface area contributed by atoms with Gasteiger partial charge in [-0.3, -0.25) is 0 Å². The van der Waals surface area contributed by atoms with E-state index in [1.807, 2.05) is 5.38 Å². The topological polar surface area (TPSA) is 28.2 Å². The van der Waals surface area contributed by atoms with Crippen LogP contribution in [0, 0.1) is 0 Å². The monoisotopic (exact) mass is 273 g/mol. The van der Waals surface area contributed by atoms with Crippen LogP contribution in [-0.4, -0.2) is 35.6 Å². The molecule has 1 aromatic heterocycles. The number of hydrogen-bond donors (Lipinski definition) is 1. The number of hydrogen-bond acceptors (Lipinski definition) is 4. The largest absolute Gasteiger partial charge is 0.361 e. The van der Waals surface area contributed by atoms with Gasteiger partial charge >= 0.3 is 0 Å². The molecule has 2 rings (SSSR count). The second-order valence-electron chi connectivity index (χ2n) is 4.64. The molecule has 0 aliphatic carbocycles. The zero-order valence-electron chi connectivity index (χ0n) is 10.3. The number of anilines is 1. The van der Waals surface area contributed by atoms with E-state index in [0.29, 0.717) is 5.15 Å². The Labute approximate surface area is 112 Å². The zero-order valence-corrected chi connectivity index (χ0v) is 11.9. The van der Waals surface area contributed by atoms with E-state index in [9.17, 15) is 0 Å². The summed E-state index contributed by atoms with van der Waals surface area (Å²) in [6, 6.07) is 0.762. The predicted molar refractivity (Wildman–Crippen MR) is 75.1 cm³/mol. The minimum absolute atomic E-state index is 0.585. The number of thiazole rings is 1. The first-order chi connectivity index (χ1) is 8.25. The average molecular weight is 274 g/mol. The fourth-order valence-electron chi connectivity index (χ4n) is 2.30. The molecule has 1 unspecified atom stereocenters. The average Bonchev–Trinajstić information content (AvgIpc) is 2.73. The van der Waals surface area contributed by atoms with Crippen LogP contribution in [0.15, 0.2) is 5.38 Å². The van der Waals surface area contributed by atoms with Crippen LogP contribution in [0.3, 0.4) is 0 Å². The van der Waals surface area contributed by atoms with Gasteiger partial charge in [-0.1, -0.05) is 18.0 Å². The summed E-state index contributed by atoms with van der Waals surface area (Å²) in [6.07, 6.45) is 5.28. The van der Waals surface area contributed by atoms with E-state index in [-0.39, 0.29) is 0 Å². The van der Waals surface area contributed by atoms with Gasteiger partial charge in [-0.2, -0.15) is 0 Å². The van der Waals surface area contributed by atoms with Crippen molar-refractivity contribution in [2.75, 3.05) is 25.0 Å². The second kappa shape index (κ2) is 6.57. The van der Waals surface area contributed by atoms with Gasteiger partial charge in [0.2, 0.25) is 0 Å². The van der Waals surface area contributed by atoms with Crippen molar-refractivity contribution in [1.82, 2.24) is 9.88 Å². The maximum Gasteiger partial charge on any atom is 0.184 e. The maximum absolute atomic E-state index is 5.77. The van der Waals surface area contributed by atoms with Crippen molar-refractivity contribution in [2.45, 2.75) is 38.6 Å². The second-order valence-corrected chi connectivity index (χ2v) is 5.88. The summed E-state index contributed by atoms with van der Waals surface area (Å²) in [5.74, 6) is 0. The van der Waals surface area contributed by atoms with Gasteiger partial charge in [0, 0.05) is 24.5 Å². The van der Waals surface area contributed by atoms with Crippen LogP contribution in [0.2, 0.25) is 5.15 Å². The summed E-state index contributed by atoms with van der Waals surface area (Å²) < 4.78 is 0. The fraction of sp³-hybridized carbons (Fsp3) is 0.750. The van der Waals surface area contributed by atoms with Crippen molar-refractivity contribution in [3.63, 3.8) is 0 Å². The summed E-state index contributed by atoms with van der Waals surface area (Å²) in [5.41, 5.74) is 0. The number of piperidine rings is 1. The SMILES string of the molecule is CC1CCCCN1CCCNc1nc(Cl)cs1. The van der Waals surface area contributed by atoms with E-state index in [4.69, 9.17) is 11.6 Å². The van der Waals surface area contributed by atoms with E-state index >= 15 is 0 Å². The lowest BCUT2D eigenvalue weighted by atomic mass is 10.0. The van der Waals surface area contributed by atoms with Crippen molar-refractivity contribution in [2.24, 2.45) is 0 Å². The molecule has 1 aliphatic heterocycles. The van der Waals surface area contributed by atoms with Gasteiger partial charge in [-0.05, 0) is 32.7 Å². The molecule has 17 heavy (non-hydrogen) atoms. The Morgan fingerprint density at radius 3 is 3.18 bits per heavy atom. The van der Waals surface area contributed by atoms with Crippen LogP contribution in [0.1, 0.15) is 32.6 Å². The van der Waals surface area contributed by atoms with Gasteiger partial charge in [-0.25, -0.2) is 4.98 Å². The fourth-order valence-corrected chi connectivity index (χ4v) is 3.17. The molecule has 0 bridgehead atoms. The van der Waals surface area contributed by atoms with E-state index in [2.05, 4.69) is 22.1 Å². The first kappa shape index (κ1) is 13.1. The number of aromatic nitrogens is 1. The van der Waals surface area contributed by atoms with Crippen LogP contribution in [0.25, 0.3) is 0 Å². The van der Waals surface area contributed by atoms with Gasteiger partial charge in [0.1, 0.15) is 5.15 Å². The van der Waals surface area contributed by atoms with Crippen LogP contribution in [-0.2, 0) is 0 Å². The highest BCUT2D eigenvalue weighted by atomic mass is 35.5. The Morgan fingerprint density at radius 1 is 1.59 bits per heavy atom. The van der Waals surface area contributed by atoms with Gasteiger partial charge in [0.15, 0.2) is 5.13 Å². The quantitative estimate of drug-likeness (QED) is 0.833. The molecule has 1 aromatic rings. The molecule has 5 heteroatoms. The van der Waals surface area contributed by atoms with E-state index in [0.717, 1.165) is 17.7 Å². The Hall–Kier alpha value is -0.320. The number of rotatable bonds is 5. The van der Waals surface area contributed by atoms with Crippen LogP contribution in [0.4, 0.5) is 5.13 Å². The number of halogens is 1. The molecule has 3 nitrogen and oxygen atoms in total. The Balaban J connectivity index is 1.62. The third-order valence-electron chi connectivity index (χ3n) is 3.32. The smallest absolute Gasteiger partial charge is 0.184 e. The molecule has 2 heterocycles. The number of nitrogens with zero attached hydrogens (tertiary/aromatic N) is 2. The first-order valence-electron chi connectivity index (χ1n) is 6.34. The highest BCUT2D eigenvalue weighted by Crippen LogP contribution is 2.19. The van der Waals surface area contributed by atoms with Crippen molar-refractivity contribution >= 4 is 28.1 Å². The van der Waals surface area contributed by atoms with Crippen LogP contribution >= 0.6 is 22.9 Å². The number of likely N-dealkylation sites (tertiary alicyclic amines) is 1. The van der Waals surface area contributed by atoms with Crippen LogP contribution in [0.5, 0.6) is 0 Å². The molecule has 0 amide bonds. The third-order valence-corrected chi connectivity index (χ3v) is 4.44. The van der Waals surface area contributed by atoms with Crippen molar-refractivity contribution < 1.29 is 0 Å². The predicted octanol–water partition coefficient (Wildman–Crippen LogP) is 3.47. The first-order valence-corrected chi connectivity index (χ1v) is 7.60. The molecule has 0 aromatic carbocycles. The molecule has 0 saturated carbocycles. The van der Waals surface area contributed by atoms with E-state index < -0.39 is 0 Å². The molecule has 0 spiro atoms. The van der Waals surface area contributed by atoms with Gasteiger partial charge in [-0.15, -0.1) is 11.3 Å². The summed E-state index contributed by atoms with van der Waals surface area (Å²) in [4.78, 5) is 6.77. The number of nitrogens with one attached hydrogen (secondary N) is 1. The minimum atomic E-state index is 0.585. The molecule has 1 fully saturated rings. The standard InChI is InChI=1S/C12H20ClN3S/c1-10-5-2-3-7-16(10)8-4-6-14-12-15-11(13)9-17-12/h9-10H,2-8H2,1H3,(H,14,15). The molecule has 1 atom stereocenters. The Morgan fingerprint density at radius 2 is 2.47 bits per heavy atom. The van der Waals surface area contributed by atoms with Crippen LogP contribution < -0.4 is 5.32 Å². The van der Waals surface area contributed by atoms with E-state index in [1.165, 1.54) is 38.8 Å². The molecular weight excluding hydrogens is 254 g/mol. The van der Waals surface area contributed by atoms with Crippen molar-refractivity contribution in [3.05, 3.63) is 10.5 Å². The van der Waals surface area contributed by atoms with Crippen molar-refractivity contribution in [1.29, 1.82) is 0 Å². The Kier molecular flexibility index (Phi) is 5.07. The lowest BCUT2D eigenvalue weighted by Gasteiger charge is -2.33. The van der Waals surface area contributed by atoms with E-state index in [1.54, 1.807) is 11.3 Å². The molecule has 0 radical (unpaired) electrons. The van der Waals surface area contributed by atoms with Gasteiger partial charge < -0.3 is 10.2 Å². The highest BCUT2D eigenvalue weighted by Gasteiger charge is 2.16. The maximum atomic E-state index is 5.77. The van der Waals surface area contributed by atoms with Gasteiger partial charge in [0.05, 0.1) is 0 Å². The summed E-state index contributed by atoms with van der Waals surface area (Å²) >= 11 is 7.33. The highest BCUT2D eigenvalue weighted by molar-refractivity contribution is 7.14. The molecule has 1 N–H and O–H groups in total. The minimum Gasteiger partial charge on any atom is -0.361 e. The van der Waals surface area contributed by atoms with Gasteiger partial charge in [0.25, 0.3) is 0 Å². The molecule has 1 aliphatic rings. The Bertz CT molecular complexity index is 342. The lowest BCUT2D eigenvalue weighted by Crippen LogP contribution is -2.38. The molecular formula is C12H20ClN3S. The summed E-state index contributed by atoms with van der Waals surface area (Å²) in [5, 5.41) is 6.69. The zero-order chi connectivity index (χ0) is 12.1. The third kappa shape index (κ3) is 4.12. The summed E-state index contributed by atoms with van der Waals surface area (Å²) in [7, 11) is 0. The molecule has 1 saturated heterocycles. The van der Waals surface area contributed by atoms with Crippen molar-refractivity contribution in [3.8, 4) is 0 Å². The lowest BCUT2D eigenvalue weighted by molar-refractivity contribution is 0.160. The normalized spacial score (nSPS) is 21.6.